The van der Waals surface area contributed by atoms with E-state index in [1.54, 1.807) is 17.8 Å². The van der Waals surface area contributed by atoms with Crippen LogP contribution in [0.15, 0.2) is 29.1 Å². The average Bonchev–Trinajstić information content (AvgIpc) is 3.05. The molecule has 2 N–H and O–H groups in total. The van der Waals surface area contributed by atoms with Crippen LogP contribution in [0.5, 0.6) is 0 Å². The van der Waals surface area contributed by atoms with Gasteiger partial charge in [-0.05, 0) is 37.0 Å². The van der Waals surface area contributed by atoms with E-state index in [-0.39, 0.29) is 11.5 Å². The summed E-state index contributed by atoms with van der Waals surface area (Å²) in [6.45, 7) is 2.03. The van der Waals surface area contributed by atoms with Crippen LogP contribution in [-0.4, -0.2) is 21.9 Å². The minimum atomic E-state index is -0.102. The van der Waals surface area contributed by atoms with Crippen LogP contribution in [0.4, 0.5) is 5.69 Å². The van der Waals surface area contributed by atoms with Gasteiger partial charge in [-0.2, -0.15) is 0 Å². The summed E-state index contributed by atoms with van der Waals surface area (Å²) in [7, 11) is 0. The van der Waals surface area contributed by atoms with Crippen LogP contribution in [0.3, 0.4) is 0 Å². The molecule has 23 heavy (non-hydrogen) atoms. The lowest BCUT2D eigenvalue weighted by atomic mass is 10.1. The molecule has 0 unspecified atom stereocenters. The first-order chi connectivity index (χ1) is 11.2. The number of aryl methyl sites for hydroxylation is 1. The van der Waals surface area contributed by atoms with Gasteiger partial charge in [-0.1, -0.05) is 25.8 Å². The van der Waals surface area contributed by atoms with Crippen molar-refractivity contribution in [3.8, 4) is 0 Å². The number of carbonyl (C=O) groups excluding carboxylic acids is 1. The SMILES string of the molecule is CCc1cc(=O)[nH]c2cc(NC(=O)CSC3CCCC3)ccc12. The van der Waals surface area contributed by atoms with Crippen molar-refractivity contribution >= 4 is 34.3 Å². The Kier molecular flexibility index (Phi) is 5.06. The second-order valence-electron chi connectivity index (χ2n) is 6.04. The van der Waals surface area contributed by atoms with Crippen LogP contribution >= 0.6 is 11.8 Å². The maximum atomic E-state index is 12.1. The zero-order valence-corrected chi connectivity index (χ0v) is 14.2. The number of anilines is 1. The van der Waals surface area contributed by atoms with E-state index in [0.717, 1.165) is 28.6 Å². The van der Waals surface area contributed by atoms with Crippen LogP contribution in [0.2, 0.25) is 0 Å². The van der Waals surface area contributed by atoms with E-state index < -0.39 is 0 Å². The first-order valence-electron chi connectivity index (χ1n) is 8.23. The predicted octanol–water partition coefficient (Wildman–Crippen LogP) is 3.70. The van der Waals surface area contributed by atoms with E-state index in [9.17, 15) is 9.59 Å². The summed E-state index contributed by atoms with van der Waals surface area (Å²) in [5, 5.41) is 4.61. The summed E-state index contributed by atoms with van der Waals surface area (Å²) >= 11 is 1.75. The van der Waals surface area contributed by atoms with Gasteiger partial charge in [0.25, 0.3) is 0 Å². The van der Waals surface area contributed by atoms with Crippen LogP contribution in [0.1, 0.15) is 38.2 Å². The third kappa shape index (κ3) is 3.96. The first-order valence-corrected chi connectivity index (χ1v) is 9.28. The second kappa shape index (κ2) is 7.21. The maximum absolute atomic E-state index is 12.1. The summed E-state index contributed by atoms with van der Waals surface area (Å²) in [5.41, 5.74) is 2.43. The zero-order chi connectivity index (χ0) is 16.2. The fourth-order valence-corrected chi connectivity index (χ4v) is 4.27. The Labute approximate surface area is 140 Å². The maximum Gasteiger partial charge on any atom is 0.248 e. The third-order valence-corrected chi connectivity index (χ3v) is 5.72. The Morgan fingerprint density at radius 2 is 2.09 bits per heavy atom. The van der Waals surface area contributed by atoms with E-state index in [1.165, 1.54) is 25.7 Å². The van der Waals surface area contributed by atoms with Crippen molar-refractivity contribution in [3.05, 3.63) is 40.2 Å². The van der Waals surface area contributed by atoms with Crippen LogP contribution in [0, 0.1) is 0 Å². The molecular formula is C18H22N2O2S. The van der Waals surface area contributed by atoms with E-state index in [4.69, 9.17) is 0 Å². The summed E-state index contributed by atoms with van der Waals surface area (Å²) in [6, 6.07) is 7.34. The fraction of sp³-hybridized carbons (Fsp3) is 0.444. The molecule has 0 atom stereocenters. The van der Waals surface area contributed by atoms with Crippen molar-refractivity contribution in [2.75, 3.05) is 11.1 Å². The number of benzene rings is 1. The quantitative estimate of drug-likeness (QED) is 0.878. The molecule has 122 valence electrons. The molecule has 2 aromatic rings. The molecule has 1 aromatic heterocycles. The Bertz CT molecular complexity index is 763. The number of nitrogens with one attached hydrogen (secondary N) is 2. The van der Waals surface area contributed by atoms with Gasteiger partial charge >= 0.3 is 0 Å². The molecule has 0 saturated heterocycles. The highest BCUT2D eigenvalue weighted by atomic mass is 32.2. The standard InChI is InChI=1S/C18H22N2O2S/c1-2-12-9-17(21)20-16-10-13(7-8-15(12)16)19-18(22)11-23-14-5-3-4-6-14/h7-10,14H,2-6,11H2,1H3,(H,19,22)(H,20,21). The van der Waals surface area contributed by atoms with Crippen LogP contribution in [0.25, 0.3) is 10.9 Å². The van der Waals surface area contributed by atoms with E-state index in [0.29, 0.717) is 11.0 Å². The van der Waals surface area contributed by atoms with Gasteiger partial charge in [0, 0.05) is 22.4 Å². The highest BCUT2D eigenvalue weighted by molar-refractivity contribution is 8.00. The number of hydrogen-bond donors (Lipinski definition) is 2. The molecule has 1 saturated carbocycles. The Balaban J connectivity index is 1.70. The number of aromatic amines is 1. The number of rotatable bonds is 5. The summed E-state index contributed by atoms with van der Waals surface area (Å²) < 4.78 is 0. The van der Waals surface area contributed by atoms with Gasteiger partial charge in [0.15, 0.2) is 0 Å². The molecule has 0 bridgehead atoms. The summed E-state index contributed by atoms with van der Waals surface area (Å²) in [4.78, 5) is 26.6. The second-order valence-corrected chi connectivity index (χ2v) is 7.33. The minimum Gasteiger partial charge on any atom is -0.325 e. The van der Waals surface area contributed by atoms with Crippen molar-refractivity contribution in [3.63, 3.8) is 0 Å². The number of carbonyl (C=O) groups is 1. The van der Waals surface area contributed by atoms with Crippen molar-refractivity contribution in [1.29, 1.82) is 0 Å². The number of H-pyrrole nitrogens is 1. The molecule has 1 aromatic carbocycles. The normalized spacial score (nSPS) is 15.2. The zero-order valence-electron chi connectivity index (χ0n) is 13.4. The summed E-state index contributed by atoms with van der Waals surface area (Å²) in [5.74, 6) is 0.518. The highest BCUT2D eigenvalue weighted by Gasteiger charge is 2.16. The smallest absolute Gasteiger partial charge is 0.248 e. The molecule has 1 fully saturated rings. The monoisotopic (exact) mass is 330 g/mol. The fourth-order valence-electron chi connectivity index (χ4n) is 3.15. The number of pyridine rings is 1. The lowest BCUT2D eigenvalue weighted by Crippen LogP contribution is -2.16. The van der Waals surface area contributed by atoms with Crippen molar-refractivity contribution in [2.24, 2.45) is 0 Å². The predicted molar refractivity (Wildman–Crippen MR) is 97.3 cm³/mol. The molecule has 1 aliphatic rings. The highest BCUT2D eigenvalue weighted by Crippen LogP contribution is 2.29. The molecule has 0 radical (unpaired) electrons. The lowest BCUT2D eigenvalue weighted by Gasteiger charge is -2.10. The van der Waals surface area contributed by atoms with Gasteiger partial charge in [-0.15, -0.1) is 11.8 Å². The van der Waals surface area contributed by atoms with E-state index >= 15 is 0 Å². The van der Waals surface area contributed by atoms with Gasteiger partial charge < -0.3 is 10.3 Å². The van der Waals surface area contributed by atoms with E-state index in [1.807, 2.05) is 25.1 Å². The number of thioether (sulfide) groups is 1. The molecule has 0 aliphatic heterocycles. The topological polar surface area (TPSA) is 62.0 Å². The molecule has 1 heterocycles. The molecule has 3 rings (SSSR count). The molecule has 5 heteroatoms. The van der Waals surface area contributed by atoms with Gasteiger partial charge in [-0.3, -0.25) is 9.59 Å². The largest absolute Gasteiger partial charge is 0.325 e. The summed E-state index contributed by atoms with van der Waals surface area (Å²) in [6.07, 6.45) is 5.85. The Hall–Kier alpha value is -1.75. The van der Waals surface area contributed by atoms with Gasteiger partial charge in [0.1, 0.15) is 0 Å². The Morgan fingerprint density at radius 1 is 1.30 bits per heavy atom. The molecule has 1 aliphatic carbocycles. The first kappa shape index (κ1) is 16.1. The lowest BCUT2D eigenvalue weighted by molar-refractivity contribution is -0.113. The van der Waals surface area contributed by atoms with Gasteiger partial charge in [0.05, 0.1) is 11.3 Å². The number of fused-ring (bicyclic) bond motifs is 1. The van der Waals surface area contributed by atoms with Crippen LogP contribution < -0.4 is 10.9 Å². The minimum absolute atomic E-state index is 0.0234. The number of hydrogen-bond acceptors (Lipinski definition) is 3. The van der Waals surface area contributed by atoms with Crippen molar-refractivity contribution in [2.45, 2.75) is 44.3 Å². The number of aromatic nitrogens is 1. The van der Waals surface area contributed by atoms with Crippen molar-refractivity contribution < 1.29 is 4.79 Å². The Morgan fingerprint density at radius 3 is 2.83 bits per heavy atom. The van der Waals surface area contributed by atoms with Crippen molar-refractivity contribution in [1.82, 2.24) is 4.98 Å². The molecule has 1 amide bonds. The third-order valence-electron chi connectivity index (χ3n) is 4.35. The molecular weight excluding hydrogens is 308 g/mol. The number of amides is 1. The van der Waals surface area contributed by atoms with Gasteiger partial charge in [0.2, 0.25) is 11.5 Å². The van der Waals surface area contributed by atoms with Gasteiger partial charge in [-0.25, -0.2) is 0 Å². The molecule has 0 spiro atoms. The molecule has 4 nitrogen and oxygen atoms in total. The van der Waals surface area contributed by atoms with E-state index in [2.05, 4.69) is 10.3 Å². The average molecular weight is 330 g/mol. The van der Waals surface area contributed by atoms with Crippen LogP contribution in [-0.2, 0) is 11.2 Å².